The van der Waals surface area contributed by atoms with Gasteiger partial charge in [0.1, 0.15) is 12.1 Å². The Morgan fingerprint density at radius 2 is 1.97 bits per heavy atom. The molecule has 0 spiro atoms. The fraction of sp³-hybridized carbons (Fsp3) is 0.421. The Kier molecular flexibility index (Phi) is 6.14. The number of benzene rings is 1. The number of carbonyl (C=O) groups is 1. The van der Waals surface area contributed by atoms with Crippen molar-refractivity contribution in [3.05, 3.63) is 36.4 Å². The Hall–Kier alpha value is -2.98. The van der Waals surface area contributed by atoms with Gasteiger partial charge in [0.25, 0.3) is 0 Å². The van der Waals surface area contributed by atoms with Gasteiger partial charge in [-0.15, -0.1) is 0 Å². The maximum absolute atomic E-state index is 13.9. The van der Waals surface area contributed by atoms with Gasteiger partial charge < -0.3 is 21.1 Å². The molecule has 0 atom stereocenters. The number of aromatic nitrogens is 2. The van der Waals surface area contributed by atoms with Crippen molar-refractivity contribution >= 4 is 17.5 Å². The Bertz CT molecular complexity index is 864. The van der Waals surface area contributed by atoms with Crippen LogP contribution < -0.4 is 21.5 Å². The molecule has 1 saturated heterocycles. The quantitative estimate of drug-likeness (QED) is 0.651. The van der Waals surface area contributed by atoms with Crippen molar-refractivity contribution in [2.75, 3.05) is 43.8 Å². The zero-order chi connectivity index (χ0) is 21.0. The van der Waals surface area contributed by atoms with Crippen molar-refractivity contribution in [1.29, 1.82) is 0 Å². The minimum atomic E-state index is -0.604. The van der Waals surface area contributed by atoms with Gasteiger partial charge in [-0.25, -0.2) is 19.2 Å². The second-order valence-corrected chi connectivity index (χ2v) is 7.72. The number of rotatable bonds is 5. The summed E-state index contributed by atoms with van der Waals surface area (Å²) in [5, 5.41) is 2.72. The lowest BCUT2D eigenvalue weighted by Crippen LogP contribution is -2.54. The highest BCUT2D eigenvalue weighted by Gasteiger charge is 2.24. The molecule has 10 heteroatoms. The number of urea groups is 1. The van der Waals surface area contributed by atoms with Gasteiger partial charge in [0, 0.05) is 56.1 Å². The van der Waals surface area contributed by atoms with Gasteiger partial charge in [-0.05, 0) is 26.0 Å². The summed E-state index contributed by atoms with van der Waals surface area (Å²) in [5.74, 6) is -0.253. The molecule has 0 saturated carbocycles. The molecule has 1 aromatic carbocycles. The van der Waals surface area contributed by atoms with Crippen LogP contribution in [0.1, 0.15) is 13.8 Å². The van der Waals surface area contributed by atoms with Crippen molar-refractivity contribution < 1.29 is 13.9 Å². The molecule has 0 bridgehead atoms. The van der Waals surface area contributed by atoms with Gasteiger partial charge in [0.15, 0.2) is 11.6 Å². The smallest absolute Gasteiger partial charge is 0.323 e. The third kappa shape index (κ3) is 6.00. The highest BCUT2D eigenvalue weighted by atomic mass is 19.1. The molecule has 9 nitrogen and oxygen atoms in total. The summed E-state index contributed by atoms with van der Waals surface area (Å²) in [6.07, 6.45) is 1.24. The van der Waals surface area contributed by atoms with Crippen LogP contribution in [0, 0.1) is 5.82 Å². The van der Waals surface area contributed by atoms with E-state index in [1.807, 2.05) is 13.8 Å². The molecule has 1 fully saturated rings. The fourth-order valence-corrected chi connectivity index (χ4v) is 3.05. The summed E-state index contributed by atoms with van der Waals surface area (Å²) >= 11 is 0. The van der Waals surface area contributed by atoms with Crippen LogP contribution in [0.4, 0.5) is 20.7 Å². The summed E-state index contributed by atoms with van der Waals surface area (Å²) in [6, 6.07) is 5.26. The van der Waals surface area contributed by atoms with Crippen molar-refractivity contribution in [3.8, 4) is 11.6 Å². The first-order chi connectivity index (χ1) is 13.7. The number of nitrogens with two attached hydrogens (primary N) is 2. The molecule has 1 aliphatic rings. The Balaban J connectivity index is 1.57. The van der Waals surface area contributed by atoms with E-state index in [0.717, 1.165) is 25.7 Å². The molecule has 1 aromatic heterocycles. The summed E-state index contributed by atoms with van der Waals surface area (Å²) in [7, 11) is 0. The van der Waals surface area contributed by atoms with Crippen molar-refractivity contribution in [2.24, 2.45) is 5.73 Å². The molecule has 29 heavy (non-hydrogen) atoms. The summed E-state index contributed by atoms with van der Waals surface area (Å²) < 4.78 is 19.3. The molecule has 5 N–H and O–H groups in total. The van der Waals surface area contributed by atoms with Crippen LogP contribution in [-0.2, 0) is 0 Å². The maximum atomic E-state index is 13.9. The van der Waals surface area contributed by atoms with Gasteiger partial charge in [0.2, 0.25) is 5.88 Å². The van der Waals surface area contributed by atoms with E-state index in [1.165, 1.54) is 24.5 Å². The average molecular weight is 403 g/mol. The number of ether oxygens (including phenoxy) is 1. The van der Waals surface area contributed by atoms with Crippen molar-refractivity contribution in [1.82, 2.24) is 19.8 Å². The molecular weight excluding hydrogens is 377 g/mol. The minimum absolute atomic E-state index is 0.0193. The van der Waals surface area contributed by atoms with Crippen LogP contribution in [0.25, 0.3) is 0 Å². The molecular formula is C19H26FN7O2. The van der Waals surface area contributed by atoms with E-state index >= 15 is 0 Å². The first-order valence-corrected chi connectivity index (χ1v) is 9.32. The normalized spacial score (nSPS) is 15.2. The molecule has 156 valence electrons. The van der Waals surface area contributed by atoms with Gasteiger partial charge >= 0.3 is 6.03 Å². The maximum Gasteiger partial charge on any atom is 0.323 e. The number of anilines is 2. The topological polar surface area (TPSA) is 123 Å². The first kappa shape index (κ1) is 20.7. The monoisotopic (exact) mass is 403 g/mol. The predicted octanol–water partition coefficient (Wildman–Crippen LogP) is 1.88. The number of nitrogens with zero attached hydrogens (tertiary/aromatic N) is 4. The largest absolute Gasteiger partial charge is 0.436 e. The number of amides is 2. The van der Waals surface area contributed by atoms with Crippen LogP contribution in [-0.4, -0.2) is 64.1 Å². The highest BCUT2D eigenvalue weighted by Crippen LogP contribution is 2.25. The van der Waals surface area contributed by atoms with E-state index in [9.17, 15) is 9.18 Å². The molecule has 0 radical (unpaired) electrons. The van der Waals surface area contributed by atoms with Crippen LogP contribution in [0.2, 0.25) is 0 Å². The number of piperazine rings is 1. The SMILES string of the molecule is CC(C)(N)CN1CCN(C(=O)Nc2cc(Oc3ccc(N)cc3F)ncn2)CC1. The molecule has 0 aliphatic carbocycles. The highest BCUT2D eigenvalue weighted by molar-refractivity contribution is 5.88. The summed E-state index contributed by atoms with van der Waals surface area (Å²) in [5.41, 5.74) is 11.6. The number of halogens is 1. The minimum Gasteiger partial charge on any atom is -0.436 e. The van der Waals surface area contributed by atoms with E-state index in [0.29, 0.717) is 18.8 Å². The second-order valence-electron chi connectivity index (χ2n) is 7.72. The van der Waals surface area contributed by atoms with Crippen molar-refractivity contribution in [3.63, 3.8) is 0 Å². The lowest BCUT2D eigenvalue weighted by molar-refractivity contribution is 0.132. The molecule has 1 aliphatic heterocycles. The Morgan fingerprint density at radius 1 is 1.24 bits per heavy atom. The zero-order valence-corrected chi connectivity index (χ0v) is 16.6. The van der Waals surface area contributed by atoms with E-state index in [-0.39, 0.29) is 29.0 Å². The number of nitrogen functional groups attached to an aromatic ring is 1. The van der Waals surface area contributed by atoms with Crippen LogP contribution in [0.5, 0.6) is 11.6 Å². The van der Waals surface area contributed by atoms with Gasteiger partial charge in [-0.3, -0.25) is 10.2 Å². The van der Waals surface area contributed by atoms with Crippen LogP contribution in [0.15, 0.2) is 30.6 Å². The number of nitrogens with one attached hydrogen (secondary N) is 1. The molecule has 2 aromatic rings. The Labute approximate surface area is 168 Å². The number of hydrogen-bond acceptors (Lipinski definition) is 7. The lowest BCUT2D eigenvalue weighted by Gasteiger charge is -2.37. The van der Waals surface area contributed by atoms with Gasteiger partial charge in [0.05, 0.1) is 0 Å². The third-order valence-electron chi connectivity index (χ3n) is 4.34. The molecule has 0 unspecified atom stereocenters. The van der Waals surface area contributed by atoms with E-state index in [4.69, 9.17) is 16.2 Å². The zero-order valence-electron chi connectivity index (χ0n) is 16.6. The van der Waals surface area contributed by atoms with Gasteiger partial charge in [-0.2, -0.15) is 0 Å². The Morgan fingerprint density at radius 3 is 2.62 bits per heavy atom. The summed E-state index contributed by atoms with van der Waals surface area (Å²) in [4.78, 5) is 24.4. The van der Waals surface area contributed by atoms with Crippen LogP contribution in [0.3, 0.4) is 0 Å². The van der Waals surface area contributed by atoms with E-state index in [2.05, 4.69) is 20.2 Å². The molecule has 2 heterocycles. The van der Waals surface area contributed by atoms with E-state index in [1.54, 1.807) is 4.90 Å². The predicted molar refractivity (Wildman–Crippen MR) is 108 cm³/mol. The fourth-order valence-electron chi connectivity index (χ4n) is 3.05. The van der Waals surface area contributed by atoms with Crippen LogP contribution >= 0.6 is 0 Å². The van der Waals surface area contributed by atoms with Crippen molar-refractivity contribution in [2.45, 2.75) is 19.4 Å². The standard InChI is InChI=1S/C19H26FN7O2/c1-19(2,22)11-26-5-7-27(8-6-26)18(28)25-16-10-17(24-12-23-16)29-15-4-3-13(21)9-14(15)20/h3-4,9-10,12H,5-8,11,21-22H2,1-2H3,(H,23,24,25,28). The second kappa shape index (κ2) is 8.58. The first-order valence-electron chi connectivity index (χ1n) is 9.32. The molecule has 3 rings (SSSR count). The summed E-state index contributed by atoms with van der Waals surface area (Å²) in [6.45, 7) is 7.43. The van der Waals surface area contributed by atoms with E-state index < -0.39 is 5.82 Å². The number of carbonyl (C=O) groups excluding carboxylic acids is 1. The number of hydrogen-bond donors (Lipinski definition) is 3. The van der Waals surface area contributed by atoms with Gasteiger partial charge in [-0.1, -0.05) is 0 Å². The third-order valence-corrected chi connectivity index (χ3v) is 4.34. The lowest BCUT2D eigenvalue weighted by atomic mass is 10.1. The molecule has 2 amide bonds. The average Bonchev–Trinajstić information content (AvgIpc) is 2.64.